The van der Waals surface area contributed by atoms with Crippen molar-refractivity contribution in [3.8, 4) is 164 Å². The number of aromatic nitrogens is 10. The predicted octanol–water partition coefficient (Wildman–Crippen LogP) is 23.1. The molecule has 0 aliphatic heterocycles. The van der Waals surface area contributed by atoms with Crippen molar-refractivity contribution in [1.82, 2.24) is 47.8 Å². The summed E-state index contributed by atoms with van der Waals surface area (Å²) in [7, 11) is 0. The van der Waals surface area contributed by atoms with E-state index < -0.39 is 35.4 Å². The number of H-pyrrole nitrogens is 1. The number of pyridine rings is 5. The molecule has 145 heavy (non-hydrogen) atoms. The molecule has 5 aliphatic carbocycles. The molecule has 0 radical (unpaired) electrons. The van der Waals surface area contributed by atoms with Gasteiger partial charge in [0.2, 0.25) is 0 Å². The quantitative estimate of drug-likeness (QED) is 0.0456. The number of aromatic amines is 1. The molecule has 710 valence electrons. The third-order valence-electron chi connectivity index (χ3n) is 27.2. The Bertz CT molecular complexity index is 7780. The fraction of sp³-hybridized carbons (Fsp3) is 0.0833. The normalized spacial score (nSPS) is 12.3. The number of carboxylic acid groups (broad SMARTS) is 5. The number of benzene rings is 10. The highest BCUT2D eigenvalue weighted by atomic mass is 16.4. The summed E-state index contributed by atoms with van der Waals surface area (Å²) in [5, 5.41) is 86.9. The second kappa shape index (κ2) is 39.2. The monoisotopic (exact) mass is 1910 g/mol. The first-order chi connectivity index (χ1) is 70.7. The number of hydrogen-bond donors (Lipinski definition) is 10. The molecule has 10 aromatic heterocycles. The molecule has 0 amide bonds. The van der Waals surface area contributed by atoms with Crippen LogP contribution in [0.4, 0.5) is 0 Å². The number of nitrogens with one attached hydrogen (secondary N) is 1. The minimum atomic E-state index is -1.25. The van der Waals surface area contributed by atoms with Crippen molar-refractivity contribution in [2.24, 2.45) is 0 Å². The number of carboxylic acids is 5. The van der Waals surface area contributed by atoms with Gasteiger partial charge in [-0.2, -0.15) is 0 Å². The first kappa shape index (κ1) is 92.1. The average molecular weight is 1910 g/mol. The van der Waals surface area contributed by atoms with Crippen LogP contribution in [0.3, 0.4) is 0 Å². The summed E-state index contributed by atoms with van der Waals surface area (Å²) in [4.78, 5) is 89.7. The molecule has 0 fully saturated rings. The number of aryl methyl sites for hydroxylation is 5. The lowest BCUT2D eigenvalue weighted by atomic mass is 9.90. The smallest absolute Gasteiger partial charge is 0.358 e. The van der Waals surface area contributed by atoms with E-state index in [9.17, 15) is 74.7 Å². The summed E-state index contributed by atoms with van der Waals surface area (Å²) >= 11 is 0. The highest BCUT2D eigenvalue weighted by Crippen LogP contribution is 2.48. The van der Waals surface area contributed by atoms with Gasteiger partial charge in [0.05, 0.1) is 40.4 Å². The van der Waals surface area contributed by atoms with Crippen molar-refractivity contribution in [2.75, 3.05) is 0 Å². The van der Waals surface area contributed by atoms with Crippen molar-refractivity contribution in [2.45, 2.75) is 64.2 Å². The number of hydrogen-bond acceptors (Lipinski definition) is 14. The molecule has 0 unspecified atom stereocenters. The Morgan fingerprint density at radius 2 is 0.607 bits per heavy atom. The summed E-state index contributed by atoms with van der Waals surface area (Å²) < 4.78 is 10.3. The van der Waals surface area contributed by atoms with Crippen LogP contribution in [0.2, 0.25) is 0 Å². The summed E-state index contributed by atoms with van der Waals surface area (Å²) in [6.45, 7) is 0. The minimum Gasteiger partial charge on any atom is -0.507 e. The highest BCUT2D eigenvalue weighted by molar-refractivity contribution is 5.95. The third kappa shape index (κ3) is 17.7. The van der Waals surface area contributed by atoms with Crippen LogP contribution in [-0.2, 0) is 64.2 Å². The molecule has 25 nitrogen and oxygen atoms in total. The van der Waals surface area contributed by atoms with E-state index in [2.05, 4.69) is 130 Å². The molecule has 0 bridgehead atoms. The van der Waals surface area contributed by atoms with E-state index in [0.717, 1.165) is 199 Å². The van der Waals surface area contributed by atoms with Crippen LogP contribution in [0.5, 0.6) is 23.0 Å². The average Bonchev–Trinajstić information content (AvgIpc) is 1.62. The van der Waals surface area contributed by atoms with E-state index >= 15 is 0 Å². The molecule has 25 rings (SSSR count). The van der Waals surface area contributed by atoms with Crippen molar-refractivity contribution in [3.63, 3.8) is 0 Å². The number of aromatic hydroxyl groups is 4. The van der Waals surface area contributed by atoms with Crippen LogP contribution >= 0.6 is 0 Å². The third-order valence-corrected chi connectivity index (χ3v) is 27.2. The first-order valence-corrected chi connectivity index (χ1v) is 47.2. The van der Waals surface area contributed by atoms with E-state index in [1.165, 1.54) is 87.6 Å². The van der Waals surface area contributed by atoms with Gasteiger partial charge in [-0.05, 0) is 240 Å². The molecule has 0 saturated heterocycles. The lowest BCUT2D eigenvalue weighted by Gasteiger charge is -2.20. The molecule has 10 heterocycles. The van der Waals surface area contributed by atoms with E-state index in [-0.39, 0.29) is 50.9 Å². The van der Waals surface area contributed by atoms with Gasteiger partial charge in [-0.25, -0.2) is 33.9 Å². The van der Waals surface area contributed by atoms with Gasteiger partial charge in [0.15, 0.2) is 5.69 Å². The van der Waals surface area contributed by atoms with Crippen LogP contribution in [0, 0.1) is 0 Å². The minimum absolute atomic E-state index is 0.107. The van der Waals surface area contributed by atoms with Crippen molar-refractivity contribution < 1.29 is 69.9 Å². The summed E-state index contributed by atoms with van der Waals surface area (Å²) in [6, 6.07) is 107. The Labute approximate surface area is 829 Å². The number of fused-ring (bicyclic) bond motifs is 15. The van der Waals surface area contributed by atoms with Gasteiger partial charge in [0.25, 0.3) is 5.56 Å². The molecule has 25 heteroatoms. The Morgan fingerprint density at radius 3 is 1.03 bits per heavy atom. The molecular weight excluding hydrogens is 1820 g/mol. The van der Waals surface area contributed by atoms with Crippen LogP contribution in [0.15, 0.2) is 369 Å². The molecular formula is C120H90N10O15. The van der Waals surface area contributed by atoms with Gasteiger partial charge >= 0.3 is 29.8 Å². The first-order valence-electron chi connectivity index (χ1n) is 47.2. The lowest BCUT2D eigenvalue weighted by molar-refractivity contribution is 0.0677. The number of nitrogens with zero attached hydrogens (tertiary/aromatic N) is 9. The van der Waals surface area contributed by atoms with E-state index in [1.807, 2.05) is 204 Å². The topological polar surface area (TPSA) is 376 Å². The largest absolute Gasteiger partial charge is 0.507 e. The Hall–Kier alpha value is -19.3. The Morgan fingerprint density at radius 1 is 0.262 bits per heavy atom. The number of aromatic carboxylic acids is 5. The second-order valence-corrected chi connectivity index (χ2v) is 35.6. The van der Waals surface area contributed by atoms with Crippen molar-refractivity contribution in [3.05, 3.63) is 459 Å². The van der Waals surface area contributed by atoms with Gasteiger partial charge in [0.1, 0.15) is 56.9 Å². The van der Waals surface area contributed by atoms with Gasteiger partial charge in [0, 0.05) is 104 Å². The van der Waals surface area contributed by atoms with Crippen LogP contribution in [-0.4, -0.2) is 124 Å². The Balaban J connectivity index is 0.000000107. The zero-order chi connectivity index (χ0) is 99.8. The SMILES string of the molecule is O=C(O)c1cc(-n2c(-c3ccccc3)cc3c2CCc2ccccc2-3)c[nH]c1=O.O=C(O)c1cc(-n2c(-c3ccccc3)cc3c2CCc2ccccc2-3)ncc1O.O=C(O)c1cc(-n2c(-c3ccccc3)cc3c2CCc2cnccc2-3)ccc1O.O=C(O)c1cc(-n2c(-c3ccccc3)cc3c2CCc2ncccc2-3)ccc1O.O=C(O)c1nc(-n2c(-c3ccccc3)cc3c2CCc2ccccc2-3)ccc1O. The van der Waals surface area contributed by atoms with Crippen LogP contribution in [0.25, 0.3) is 141 Å². The standard InChI is InChI=1S/5C24H18N2O3/c27-23-20(24(28)29)12-17(14-25-23)26-21-11-10-15-6-4-5-9-18(15)19(21)13-22(26)16-7-2-1-3-8-16;27-22-14-25-23(13-19(22)24(28)29)26-20-11-10-15-6-4-5-9-17(15)18(20)12-21(26)16-7-2-1-3-8-16;27-21-12-13-22(25-23(21)24(28)29)26-19-11-10-15-6-4-5-9-17(15)18(19)14-20(26)16-7-2-1-3-8-16;27-23-11-8-16(13-19(23)24(28)29)26-21-10-9-20-17(7-4-12-25-20)18(21)14-22(26)15-5-2-1-3-6-15;27-23-9-7-17(12-20(23)24(28)29)26-21-8-6-16-14-25-11-10-18(16)19(21)13-22(26)15-4-2-1-3-5-15/h1-9,12-14H,10-11H2,(H,25,27)(H,28,29);2*1-9,12-14,27H,10-11H2,(H,28,29);1-8,11-14,27H,9-10H2,(H,28,29);1-5,7,9-14,27H,6,8H2,(H,28,29). The molecule has 0 atom stereocenters. The molecule has 5 aliphatic rings. The zero-order valence-corrected chi connectivity index (χ0v) is 77.7. The van der Waals surface area contributed by atoms with E-state index in [0.29, 0.717) is 23.0 Å². The van der Waals surface area contributed by atoms with Gasteiger partial charge in [-0.3, -0.25) is 23.9 Å². The van der Waals surface area contributed by atoms with Crippen LogP contribution in [0.1, 0.15) is 108 Å². The predicted molar refractivity (Wildman–Crippen MR) is 554 cm³/mol. The summed E-state index contributed by atoms with van der Waals surface area (Å²) in [6.07, 6.45) is 16.9. The van der Waals surface area contributed by atoms with Gasteiger partial charge < -0.3 is 64.6 Å². The van der Waals surface area contributed by atoms with Gasteiger partial charge in [-0.1, -0.05) is 231 Å². The van der Waals surface area contributed by atoms with Crippen molar-refractivity contribution >= 4 is 29.8 Å². The lowest BCUT2D eigenvalue weighted by Crippen LogP contribution is -2.18. The maximum Gasteiger partial charge on any atom is 0.358 e. The highest BCUT2D eigenvalue weighted by Gasteiger charge is 2.33. The molecule has 10 N–H and O–H groups in total. The number of rotatable bonds is 15. The Kier molecular flexibility index (Phi) is 24.9. The molecule has 0 spiro atoms. The summed E-state index contributed by atoms with van der Waals surface area (Å²) in [5.74, 6) is -6.15. The molecule has 20 aromatic rings. The van der Waals surface area contributed by atoms with E-state index in [1.54, 1.807) is 30.6 Å². The van der Waals surface area contributed by atoms with Crippen molar-refractivity contribution in [1.29, 1.82) is 0 Å². The maximum atomic E-state index is 11.9. The summed E-state index contributed by atoms with van der Waals surface area (Å²) in [5.41, 5.74) is 33.8. The van der Waals surface area contributed by atoms with E-state index in [4.69, 9.17) is 0 Å². The van der Waals surface area contributed by atoms with Crippen LogP contribution < -0.4 is 5.56 Å². The molecule has 10 aromatic carbocycles. The number of phenols is 2. The fourth-order valence-corrected chi connectivity index (χ4v) is 20.6. The fourth-order valence-electron chi connectivity index (χ4n) is 20.6. The zero-order valence-electron chi connectivity index (χ0n) is 77.7. The second-order valence-electron chi connectivity index (χ2n) is 35.6. The molecule has 0 saturated carbocycles. The maximum absolute atomic E-state index is 11.9. The number of carbonyl (C=O) groups is 5. The van der Waals surface area contributed by atoms with Gasteiger partial charge in [-0.15, -0.1) is 0 Å².